The van der Waals surface area contributed by atoms with Gasteiger partial charge in [0.05, 0.1) is 11.4 Å². The monoisotopic (exact) mass is 330 g/mol. The zero-order valence-electron chi connectivity index (χ0n) is 12.8. The van der Waals surface area contributed by atoms with E-state index in [2.05, 4.69) is 5.32 Å². The van der Waals surface area contributed by atoms with Crippen LogP contribution in [0.1, 0.15) is 6.92 Å². The molecule has 9 heteroatoms. The number of imide groups is 2. The number of amides is 6. The molecule has 1 aromatic carbocycles. The lowest BCUT2D eigenvalue weighted by molar-refractivity contribution is -0.143. The SMILES string of the molecule is CCN1C(=O)C(=O)N(CC(=O)N2CC(=O)Nc3ccccc32)C1=O. The van der Waals surface area contributed by atoms with Crippen LogP contribution in [0.4, 0.5) is 16.2 Å². The minimum Gasteiger partial charge on any atom is -0.323 e. The van der Waals surface area contributed by atoms with E-state index in [4.69, 9.17) is 0 Å². The number of fused-ring (bicyclic) bond motifs is 1. The second kappa shape index (κ2) is 5.76. The fraction of sp³-hybridized carbons (Fsp3) is 0.267. The summed E-state index contributed by atoms with van der Waals surface area (Å²) < 4.78 is 0. The Balaban J connectivity index is 1.83. The third kappa shape index (κ3) is 2.39. The standard InChI is InChI=1S/C15H14N4O5/c1-2-17-13(22)14(23)19(15(17)24)8-12(21)18-7-11(20)16-9-5-3-4-6-10(9)18/h3-6H,2,7-8H2,1H3,(H,16,20). The fourth-order valence-electron chi connectivity index (χ4n) is 2.65. The Morgan fingerprint density at radius 1 is 1.08 bits per heavy atom. The number of carbonyl (C=O) groups excluding carboxylic acids is 5. The van der Waals surface area contributed by atoms with Crippen LogP contribution in [0.2, 0.25) is 0 Å². The van der Waals surface area contributed by atoms with Gasteiger partial charge in [-0.2, -0.15) is 0 Å². The minimum atomic E-state index is -1.04. The molecule has 0 spiro atoms. The summed E-state index contributed by atoms with van der Waals surface area (Å²) in [7, 11) is 0. The molecular formula is C15H14N4O5. The highest BCUT2D eigenvalue weighted by Gasteiger charge is 2.45. The van der Waals surface area contributed by atoms with Crippen LogP contribution in [0.5, 0.6) is 0 Å². The van der Waals surface area contributed by atoms with Gasteiger partial charge in [0, 0.05) is 6.54 Å². The van der Waals surface area contributed by atoms with E-state index >= 15 is 0 Å². The number of nitrogens with one attached hydrogen (secondary N) is 1. The predicted molar refractivity (Wildman–Crippen MR) is 81.9 cm³/mol. The normalized spacial score (nSPS) is 17.3. The number of rotatable bonds is 3. The Kier molecular flexibility index (Phi) is 3.76. The van der Waals surface area contributed by atoms with Crippen molar-refractivity contribution in [3.63, 3.8) is 0 Å². The van der Waals surface area contributed by atoms with E-state index in [0.29, 0.717) is 16.3 Å². The summed E-state index contributed by atoms with van der Waals surface area (Å²) in [6.07, 6.45) is 0. The summed E-state index contributed by atoms with van der Waals surface area (Å²) in [5.74, 6) is -2.99. The number of hydrogen-bond donors (Lipinski definition) is 1. The van der Waals surface area contributed by atoms with Gasteiger partial charge in [0.1, 0.15) is 13.1 Å². The largest absolute Gasteiger partial charge is 0.334 e. The molecule has 9 nitrogen and oxygen atoms in total. The molecule has 0 aromatic heterocycles. The van der Waals surface area contributed by atoms with E-state index < -0.39 is 30.3 Å². The van der Waals surface area contributed by atoms with Crippen molar-refractivity contribution in [3.05, 3.63) is 24.3 Å². The van der Waals surface area contributed by atoms with Crippen molar-refractivity contribution in [1.82, 2.24) is 9.80 Å². The van der Waals surface area contributed by atoms with Crippen LogP contribution >= 0.6 is 0 Å². The van der Waals surface area contributed by atoms with Crippen LogP contribution in [0, 0.1) is 0 Å². The molecule has 1 saturated heterocycles. The van der Waals surface area contributed by atoms with Crippen LogP contribution in [0.15, 0.2) is 24.3 Å². The van der Waals surface area contributed by atoms with Gasteiger partial charge in [0.25, 0.3) is 0 Å². The van der Waals surface area contributed by atoms with Crippen LogP contribution in [0.25, 0.3) is 0 Å². The predicted octanol–water partition coefficient (Wildman–Crippen LogP) is -0.218. The molecule has 3 rings (SSSR count). The molecule has 0 atom stereocenters. The number of para-hydroxylation sites is 2. The Morgan fingerprint density at radius 2 is 1.75 bits per heavy atom. The number of nitrogens with zero attached hydrogens (tertiary/aromatic N) is 3. The number of anilines is 2. The maximum atomic E-state index is 12.5. The summed E-state index contributed by atoms with van der Waals surface area (Å²) >= 11 is 0. The quantitative estimate of drug-likeness (QED) is 0.609. The Bertz CT molecular complexity index is 775. The first kappa shape index (κ1) is 15.7. The van der Waals surface area contributed by atoms with Gasteiger partial charge in [-0.05, 0) is 19.1 Å². The maximum absolute atomic E-state index is 12.5. The Hall–Kier alpha value is -3.23. The van der Waals surface area contributed by atoms with E-state index in [0.717, 1.165) is 4.90 Å². The zero-order chi connectivity index (χ0) is 17.4. The Labute approximate surface area is 136 Å². The summed E-state index contributed by atoms with van der Waals surface area (Å²) in [4.78, 5) is 62.4. The molecule has 1 fully saturated rings. The van der Waals surface area contributed by atoms with E-state index in [9.17, 15) is 24.0 Å². The van der Waals surface area contributed by atoms with Gasteiger partial charge in [-0.15, -0.1) is 0 Å². The zero-order valence-corrected chi connectivity index (χ0v) is 12.8. The molecule has 0 saturated carbocycles. The summed E-state index contributed by atoms with van der Waals surface area (Å²) in [6, 6.07) is 5.87. The molecule has 0 bridgehead atoms. The first-order chi connectivity index (χ1) is 11.4. The van der Waals surface area contributed by atoms with Gasteiger partial charge >= 0.3 is 17.8 Å². The number of benzene rings is 1. The molecule has 2 aliphatic heterocycles. The lowest BCUT2D eigenvalue weighted by atomic mass is 10.2. The van der Waals surface area contributed by atoms with Crippen molar-refractivity contribution in [2.75, 3.05) is 29.9 Å². The summed E-state index contributed by atoms with van der Waals surface area (Å²) in [5.41, 5.74) is 0.937. The van der Waals surface area contributed by atoms with Crippen molar-refractivity contribution in [3.8, 4) is 0 Å². The summed E-state index contributed by atoms with van der Waals surface area (Å²) in [6.45, 7) is 0.779. The summed E-state index contributed by atoms with van der Waals surface area (Å²) in [5, 5.41) is 2.64. The van der Waals surface area contributed by atoms with E-state index in [1.54, 1.807) is 31.2 Å². The van der Waals surface area contributed by atoms with Gasteiger partial charge in [-0.3, -0.25) is 29.0 Å². The van der Waals surface area contributed by atoms with Gasteiger partial charge < -0.3 is 5.32 Å². The topological polar surface area (TPSA) is 107 Å². The Morgan fingerprint density at radius 3 is 2.42 bits per heavy atom. The van der Waals surface area contributed by atoms with Crippen molar-refractivity contribution < 1.29 is 24.0 Å². The van der Waals surface area contributed by atoms with Crippen LogP contribution in [-0.4, -0.2) is 59.1 Å². The molecule has 124 valence electrons. The van der Waals surface area contributed by atoms with E-state index in [1.165, 1.54) is 4.90 Å². The molecule has 1 N–H and O–H groups in total. The third-order valence-electron chi connectivity index (χ3n) is 3.82. The van der Waals surface area contributed by atoms with Crippen molar-refractivity contribution >= 4 is 41.0 Å². The third-order valence-corrected chi connectivity index (χ3v) is 3.82. The van der Waals surface area contributed by atoms with Gasteiger partial charge in [-0.1, -0.05) is 12.1 Å². The lowest BCUT2D eigenvalue weighted by Gasteiger charge is -2.30. The highest BCUT2D eigenvalue weighted by molar-refractivity contribution is 6.45. The molecule has 2 aliphatic rings. The molecule has 0 radical (unpaired) electrons. The highest BCUT2D eigenvalue weighted by Crippen LogP contribution is 2.29. The fourth-order valence-corrected chi connectivity index (χ4v) is 2.65. The van der Waals surface area contributed by atoms with E-state index in [1.807, 2.05) is 0 Å². The average molecular weight is 330 g/mol. The van der Waals surface area contributed by atoms with Gasteiger partial charge in [-0.25, -0.2) is 9.69 Å². The average Bonchev–Trinajstić information content (AvgIpc) is 2.77. The van der Waals surface area contributed by atoms with E-state index in [-0.39, 0.29) is 19.0 Å². The smallest absolute Gasteiger partial charge is 0.323 e. The second-order valence-electron chi connectivity index (χ2n) is 5.27. The van der Waals surface area contributed by atoms with Gasteiger partial charge in [0.2, 0.25) is 11.8 Å². The second-order valence-corrected chi connectivity index (χ2v) is 5.27. The molecule has 6 amide bonds. The molecule has 1 aromatic rings. The van der Waals surface area contributed by atoms with Crippen molar-refractivity contribution in [2.24, 2.45) is 0 Å². The number of carbonyl (C=O) groups is 5. The first-order valence-electron chi connectivity index (χ1n) is 7.30. The minimum absolute atomic E-state index is 0.0447. The highest BCUT2D eigenvalue weighted by atomic mass is 16.2. The maximum Gasteiger partial charge on any atom is 0.334 e. The first-order valence-corrected chi connectivity index (χ1v) is 7.30. The number of urea groups is 1. The van der Waals surface area contributed by atoms with Crippen molar-refractivity contribution in [1.29, 1.82) is 0 Å². The number of likely N-dealkylation sites (N-methyl/N-ethyl adjacent to an activating group) is 1. The lowest BCUT2D eigenvalue weighted by Crippen LogP contribution is -2.48. The van der Waals surface area contributed by atoms with Gasteiger partial charge in [0.15, 0.2) is 0 Å². The molecule has 24 heavy (non-hydrogen) atoms. The van der Waals surface area contributed by atoms with Crippen molar-refractivity contribution in [2.45, 2.75) is 6.92 Å². The molecule has 2 heterocycles. The van der Waals surface area contributed by atoms with Crippen LogP contribution in [-0.2, 0) is 19.2 Å². The van der Waals surface area contributed by atoms with Crippen LogP contribution < -0.4 is 10.2 Å². The molecular weight excluding hydrogens is 316 g/mol. The molecule has 0 unspecified atom stereocenters. The van der Waals surface area contributed by atoms with Crippen LogP contribution in [0.3, 0.4) is 0 Å². The number of hydrogen-bond acceptors (Lipinski definition) is 5. The molecule has 0 aliphatic carbocycles.